The highest BCUT2D eigenvalue weighted by Gasteiger charge is 2.41. The molecule has 1 unspecified atom stereocenters. The van der Waals surface area contributed by atoms with Crippen LogP contribution in [0.15, 0.2) is 0 Å². The van der Waals surface area contributed by atoms with Gasteiger partial charge in [0.15, 0.2) is 16.6 Å². The van der Waals surface area contributed by atoms with Gasteiger partial charge in [0.1, 0.15) is 0 Å². The van der Waals surface area contributed by atoms with Gasteiger partial charge < -0.3 is 19.3 Å². The van der Waals surface area contributed by atoms with Gasteiger partial charge in [0, 0.05) is 13.1 Å². The Labute approximate surface area is 129 Å². The van der Waals surface area contributed by atoms with Gasteiger partial charge in [0.25, 0.3) is 0 Å². The first-order valence-electron chi connectivity index (χ1n) is 7.68. The van der Waals surface area contributed by atoms with Gasteiger partial charge >= 0.3 is 8.56 Å². The predicted octanol–water partition coefficient (Wildman–Crippen LogP) is 2.95. The lowest BCUT2D eigenvalue weighted by atomic mass is 10.2. The zero-order chi connectivity index (χ0) is 16.0. The molecular formula is C13H36N2O2Si3. The first-order chi connectivity index (χ1) is 8.87. The molecule has 0 aliphatic heterocycles. The van der Waals surface area contributed by atoms with Gasteiger partial charge in [-0.3, -0.25) is 0 Å². The lowest BCUT2D eigenvalue weighted by molar-refractivity contribution is 0.366. The summed E-state index contributed by atoms with van der Waals surface area (Å²) in [5.74, 6) is 0.561. The molecule has 0 amide bonds. The Morgan fingerprint density at radius 2 is 1.40 bits per heavy atom. The summed E-state index contributed by atoms with van der Waals surface area (Å²) in [6, 6.07) is 1.05. The lowest BCUT2D eigenvalue weighted by Gasteiger charge is -2.39. The molecule has 7 heteroatoms. The van der Waals surface area contributed by atoms with Crippen molar-refractivity contribution < 1.29 is 8.23 Å². The van der Waals surface area contributed by atoms with E-state index in [1.807, 2.05) is 0 Å². The minimum atomic E-state index is -2.09. The number of nitrogens with two attached hydrogens (primary N) is 1. The Hall–Kier alpha value is 0.491. The predicted molar refractivity (Wildman–Crippen MR) is 96.4 cm³/mol. The van der Waals surface area contributed by atoms with Gasteiger partial charge in [0.05, 0.1) is 0 Å². The van der Waals surface area contributed by atoms with E-state index < -0.39 is 25.2 Å². The van der Waals surface area contributed by atoms with Crippen molar-refractivity contribution in [2.75, 3.05) is 19.6 Å². The molecule has 4 nitrogen and oxygen atoms in total. The van der Waals surface area contributed by atoms with Crippen LogP contribution in [0, 0.1) is 5.92 Å². The molecule has 0 aromatic rings. The van der Waals surface area contributed by atoms with E-state index in [0.29, 0.717) is 12.5 Å². The Balaban J connectivity index is 4.68. The van der Waals surface area contributed by atoms with Crippen molar-refractivity contribution in [3.05, 3.63) is 0 Å². The van der Waals surface area contributed by atoms with Crippen LogP contribution in [0.25, 0.3) is 0 Å². The molecule has 0 fully saturated rings. The number of rotatable bonds is 10. The summed E-state index contributed by atoms with van der Waals surface area (Å²) in [6.45, 7) is 20.6. The molecule has 0 saturated heterocycles. The highest BCUT2D eigenvalue weighted by atomic mass is 28.5. The monoisotopic (exact) mass is 336 g/mol. The maximum Gasteiger partial charge on any atom is 0.314 e. The number of hydrogen-bond donors (Lipinski definition) is 2. The topological polar surface area (TPSA) is 56.5 Å². The minimum absolute atomic E-state index is 0.561. The van der Waals surface area contributed by atoms with Crippen molar-refractivity contribution in [3.63, 3.8) is 0 Å². The summed E-state index contributed by atoms with van der Waals surface area (Å²) in [5.41, 5.74) is 5.52. The van der Waals surface area contributed by atoms with Crippen molar-refractivity contribution in [2.45, 2.75) is 58.8 Å². The van der Waals surface area contributed by atoms with Crippen LogP contribution in [0.2, 0.25) is 51.9 Å². The van der Waals surface area contributed by atoms with Crippen LogP contribution >= 0.6 is 0 Å². The van der Waals surface area contributed by atoms with E-state index in [-0.39, 0.29) is 0 Å². The van der Waals surface area contributed by atoms with Crippen molar-refractivity contribution in [2.24, 2.45) is 11.7 Å². The largest absolute Gasteiger partial charge is 0.437 e. The van der Waals surface area contributed by atoms with Gasteiger partial charge in [-0.2, -0.15) is 0 Å². The summed E-state index contributed by atoms with van der Waals surface area (Å²) < 4.78 is 13.0. The molecule has 0 saturated carbocycles. The minimum Gasteiger partial charge on any atom is -0.437 e. The third kappa shape index (κ3) is 11.2. The van der Waals surface area contributed by atoms with E-state index in [9.17, 15) is 0 Å². The molecule has 0 aromatic carbocycles. The Morgan fingerprint density at radius 3 is 1.75 bits per heavy atom. The summed E-state index contributed by atoms with van der Waals surface area (Å²) in [6.07, 6.45) is 0. The van der Waals surface area contributed by atoms with Crippen LogP contribution in [0.1, 0.15) is 6.92 Å². The zero-order valence-electron chi connectivity index (χ0n) is 14.8. The molecule has 0 rings (SSSR count). The molecule has 0 aliphatic carbocycles. The summed E-state index contributed by atoms with van der Waals surface area (Å²) >= 11 is 0. The van der Waals surface area contributed by atoms with E-state index in [1.165, 1.54) is 0 Å². The normalized spacial score (nSPS) is 15.4. The maximum atomic E-state index is 6.52. The fourth-order valence-electron chi connectivity index (χ4n) is 2.56. The van der Waals surface area contributed by atoms with Gasteiger partial charge in [-0.25, -0.2) is 0 Å². The summed E-state index contributed by atoms with van der Waals surface area (Å²) in [4.78, 5) is 0. The molecule has 0 radical (unpaired) electrons. The zero-order valence-corrected chi connectivity index (χ0v) is 17.8. The smallest absolute Gasteiger partial charge is 0.314 e. The second-order valence-corrected chi connectivity index (χ2v) is 20.6. The van der Waals surface area contributed by atoms with Crippen molar-refractivity contribution in [1.29, 1.82) is 0 Å². The molecule has 0 aromatic heterocycles. The average Bonchev–Trinajstić information content (AvgIpc) is 2.09. The third-order valence-corrected chi connectivity index (χ3v) is 12.4. The van der Waals surface area contributed by atoms with Crippen molar-refractivity contribution in [3.8, 4) is 0 Å². The van der Waals surface area contributed by atoms with Gasteiger partial charge in [-0.15, -0.1) is 0 Å². The molecule has 0 spiro atoms. The van der Waals surface area contributed by atoms with Crippen LogP contribution in [0.3, 0.4) is 0 Å². The Kier molecular flexibility index (Phi) is 8.41. The van der Waals surface area contributed by atoms with Crippen LogP contribution in [0.4, 0.5) is 0 Å². The number of hydrogen-bond acceptors (Lipinski definition) is 4. The van der Waals surface area contributed by atoms with Gasteiger partial charge in [-0.1, -0.05) is 6.92 Å². The molecule has 3 N–H and O–H groups in total. The maximum absolute atomic E-state index is 6.52. The quantitative estimate of drug-likeness (QED) is 0.476. The van der Waals surface area contributed by atoms with Crippen LogP contribution in [-0.4, -0.2) is 44.8 Å². The number of nitrogens with one attached hydrogen (secondary N) is 1. The molecular weight excluding hydrogens is 300 g/mol. The van der Waals surface area contributed by atoms with E-state index in [0.717, 1.165) is 19.1 Å². The highest BCUT2D eigenvalue weighted by molar-refractivity contribution is 6.87. The average molecular weight is 337 g/mol. The Bertz CT molecular complexity index is 262. The van der Waals surface area contributed by atoms with E-state index in [2.05, 4.69) is 58.1 Å². The van der Waals surface area contributed by atoms with Crippen LogP contribution < -0.4 is 11.1 Å². The molecule has 0 aliphatic rings. The SMILES string of the molecule is CC(CNCCN)C[Si](C)(O[Si](C)(C)C)O[Si](C)(C)C. The molecule has 20 heavy (non-hydrogen) atoms. The fourth-order valence-corrected chi connectivity index (χ4v) is 15.5. The fraction of sp³-hybridized carbons (Fsp3) is 1.00. The van der Waals surface area contributed by atoms with E-state index >= 15 is 0 Å². The van der Waals surface area contributed by atoms with Crippen molar-refractivity contribution >= 4 is 25.2 Å². The summed E-state index contributed by atoms with van der Waals surface area (Å²) in [7, 11) is -5.25. The second-order valence-electron chi connectivity index (χ2n) is 7.86. The highest BCUT2D eigenvalue weighted by Crippen LogP contribution is 2.27. The van der Waals surface area contributed by atoms with Gasteiger partial charge in [0.2, 0.25) is 0 Å². The standard InChI is InChI=1S/C13H36N2O2Si3/c1-13(11-15-10-9-14)12-20(8,16-18(2,3)4)17-19(5,6)7/h13,15H,9-12,14H2,1-8H3. The lowest BCUT2D eigenvalue weighted by Crippen LogP contribution is -2.53. The first kappa shape index (κ1) is 20.5. The molecule has 122 valence electrons. The van der Waals surface area contributed by atoms with Crippen molar-refractivity contribution in [1.82, 2.24) is 5.32 Å². The van der Waals surface area contributed by atoms with Gasteiger partial charge in [-0.05, 0) is 64.3 Å². The van der Waals surface area contributed by atoms with E-state index in [4.69, 9.17) is 14.0 Å². The third-order valence-electron chi connectivity index (χ3n) is 2.58. The van der Waals surface area contributed by atoms with Crippen LogP contribution in [-0.2, 0) is 8.23 Å². The molecule has 0 bridgehead atoms. The first-order valence-corrected chi connectivity index (χ1v) is 17.0. The molecule has 1 atom stereocenters. The van der Waals surface area contributed by atoms with E-state index in [1.54, 1.807) is 0 Å². The van der Waals surface area contributed by atoms with Crippen LogP contribution in [0.5, 0.6) is 0 Å². The second kappa shape index (κ2) is 8.21. The Morgan fingerprint density at radius 1 is 0.950 bits per heavy atom. The summed E-state index contributed by atoms with van der Waals surface area (Å²) in [5, 5.41) is 3.39. The molecule has 0 heterocycles.